The van der Waals surface area contributed by atoms with Gasteiger partial charge >= 0.3 is 5.97 Å². The Morgan fingerprint density at radius 2 is 2.00 bits per heavy atom. The molecule has 1 aromatic heterocycles. The van der Waals surface area contributed by atoms with E-state index in [9.17, 15) is 19.7 Å². The molecule has 0 saturated heterocycles. The van der Waals surface area contributed by atoms with Crippen molar-refractivity contribution in [1.82, 2.24) is 4.98 Å². The van der Waals surface area contributed by atoms with Crippen molar-refractivity contribution in [2.24, 2.45) is 0 Å². The highest BCUT2D eigenvalue weighted by molar-refractivity contribution is 5.94. The number of para-hydroxylation sites is 1. The van der Waals surface area contributed by atoms with Gasteiger partial charge in [-0.15, -0.1) is 0 Å². The van der Waals surface area contributed by atoms with Crippen LogP contribution in [0.2, 0.25) is 0 Å². The van der Waals surface area contributed by atoms with Crippen LogP contribution in [-0.2, 0) is 20.7 Å². The van der Waals surface area contributed by atoms with Crippen LogP contribution in [0.15, 0.2) is 48.7 Å². The SMILES string of the molecule is COc1cc([N+](=O)[O-])ccc1NC(=O)COC(=O)CCCc1c[nH]c2ccccc12. The van der Waals surface area contributed by atoms with Crippen LogP contribution in [0.4, 0.5) is 11.4 Å². The number of carbonyl (C=O) groups is 2. The standard InChI is InChI=1S/C21H21N3O6/c1-29-19-11-15(24(27)28)9-10-18(19)23-20(25)13-30-21(26)8-4-5-14-12-22-17-7-3-2-6-16(14)17/h2-3,6-7,9-12,22H,4-5,8,13H2,1H3,(H,23,25). The number of nitro benzene ring substituents is 1. The average molecular weight is 411 g/mol. The van der Waals surface area contributed by atoms with Gasteiger partial charge in [-0.3, -0.25) is 19.7 Å². The Morgan fingerprint density at radius 1 is 1.20 bits per heavy atom. The summed E-state index contributed by atoms with van der Waals surface area (Å²) < 4.78 is 10.1. The van der Waals surface area contributed by atoms with Crippen LogP contribution in [-0.4, -0.2) is 35.5 Å². The van der Waals surface area contributed by atoms with Crippen molar-refractivity contribution in [1.29, 1.82) is 0 Å². The zero-order chi connectivity index (χ0) is 21.5. The number of esters is 1. The van der Waals surface area contributed by atoms with Crippen molar-refractivity contribution >= 4 is 34.2 Å². The zero-order valence-electron chi connectivity index (χ0n) is 16.3. The number of carbonyl (C=O) groups excluding carboxylic acids is 2. The van der Waals surface area contributed by atoms with E-state index in [0.717, 1.165) is 16.5 Å². The lowest BCUT2D eigenvalue weighted by Crippen LogP contribution is -2.21. The van der Waals surface area contributed by atoms with Crippen LogP contribution in [0.1, 0.15) is 18.4 Å². The van der Waals surface area contributed by atoms with E-state index in [0.29, 0.717) is 12.8 Å². The van der Waals surface area contributed by atoms with Gasteiger partial charge in [0.2, 0.25) is 0 Å². The number of H-pyrrole nitrogens is 1. The van der Waals surface area contributed by atoms with Crippen molar-refractivity contribution in [3.05, 3.63) is 64.3 Å². The fourth-order valence-corrected chi connectivity index (χ4v) is 3.06. The van der Waals surface area contributed by atoms with Crippen molar-refractivity contribution in [3.63, 3.8) is 0 Å². The van der Waals surface area contributed by atoms with Gasteiger partial charge in [0.25, 0.3) is 11.6 Å². The number of aromatic nitrogens is 1. The van der Waals surface area contributed by atoms with Crippen LogP contribution in [0, 0.1) is 10.1 Å². The lowest BCUT2D eigenvalue weighted by molar-refractivity contribution is -0.384. The molecule has 30 heavy (non-hydrogen) atoms. The quantitative estimate of drug-likeness (QED) is 0.315. The first-order chi connectivity index (χ1) is 14.5. The number of fused-ring (bicyclic) bond motifs is 1. The third kappa shape index (κ3) is 5.13. The number of nitrogens with one attached hydrogen (secondary N) is 2. The Balaban J connectivity index is 1.44. The molecule has 0 aliphatic heterocycles. The number of anilines is 1. The lowest BCUT2D eigenvalue weighted by Gasteiger charge is -2.10. The number of methoxy groups -OCH3 is 1. The molecule has 2 aromatic carbocycles. The van der Waals surface area contributed by atoms with E-state index in [1.54, 1.807) is 0 Å². The molecule has 156 valence electrons. The number of nitro groups is 1. The van der Waals surface area contributed by atoms with Gasteiger partial charge in [0.1, 0.15) is 5.75 Å². The second-order valence-corrected chi connectivity index (χ2v) is 6.56. The number of hydrogen-bond acceptors (Lipinski definition) is 6. The number of amides is 1. The molecular weight excluding hydrogens is 390 g/mol. The van der Waals surface area contributed by atoms with Crippen LogP contribution in [0.25, 0.3) is 10.9 Å². The van der Waals surface area contributed by atoms with Gasteiger partial charge in [-0.1, -0.05) is 18.2 Å². The Labute approximate surface area is 172 Å². The average Bonchev–Trinajstić information content (AvgIpc) is 3.15. The number of aromatic amines is 1. The summed E-state index contributed by atoms with van der Waals surface area (Å²) in [5.41, 5.74) is 2.27. The van der Waals surface area contributed by atoms with Crippen LogP contribution in [0.3, 0.4) is 0 Å². The predicted molar refractivity (Wildman–Crippen MR) is 110 cm³/mol. The van der Waals surface area contributed by atoms with E-state index in [1.807, 2.05) is 30.5 Å². The highest BCUT2D eigenvalue weighted by Gasteiger charge is 2.14. The first-order valence-corrected chi connectivity index (χ1v) is 9.31. The number of ether oxygens (including phenoxy) is 2. The number of hydrogen-bond donors (Lipinski definition) is 2. The third-order valence-corrected chi connectivity index (χ3v) is 4.54. The summed E-state index contributed by atoms with van der Waals surface area (Å²) in [6.45, 7) is -0.452. The summed E-state index contributed by atoms with van der Waals surface area (Å²) in [6.07, 6.45) is 3.43. The van der Waals surface area contributed by atoms with Gasteiger partial charge in [0.15, 0.2) is 6.61 Å². The molecule has 0 saturated carbocycles. The number of benzene rings is 2. The van der Waals surface area contributed by atoms with Gasteiger partial charge < -0.3 is 19.8 Å². The number of non-ortho nitro benzene ring substituents is 1. The summed E-state index contributed by atoms with van der Waals surface area (Å²) >= 11 is 0. The second-order valence-electron chi connectivity index (χ2n) is 6.56. The van der Waals surface area contributed by atoms with E-state index >= 15 is 0 Å². The van der Waals surface area contributed by atoms with Crippen LogP contribution >= 0.6 is 0 Å². The van der Waals surface area contributed by atoms with Crippen LogP contribution in [0.5, 0.6) is 5.75 Å². The normalized spacial score (nSPS) is 10.6. The number of nitrogens with zero attached hydrogens (tertiary/aromatic N) is 1. The molecule has 0 fully saturated rings. The smallest absolute Gasteiger partial charge is 0.306 e. The highest BCUT2D eigenvalue weighted by Crippen LogP contribution is 2.28. The van der Waals surface area contributed by atoms with E-state index in [1.165, 1.54) is 25.3 Å². The van der Waals surface area contributed by atoms with E-state index < -0.39 is 23.4 Å². The molecule has 3 rings (SSSR count). The minimum atomic E-state index is -0.563. The van der Waals surface area contributed by atoms with E-state index in [2.05, 4.69) is 10.3 Å². The Hall–Kier alpha value is -3.88. The molecule has 0 spiro atoms. The van der Waals surface area contributed by atoms with Crippen LogP contribution < -0.4 is 10.1 Å². The first-order valence-electron chi connectivity index (χ1n) is 9.31. The Bertz CT molecular complexity index is 1080. The Morgan fingerprint density at radius 3 is 2.77 bits per heavy atom. The van der Waals surface area contributed by atoms with Gasteiger partial charge in [-0.05, 0) is 30.5 Å². The molecule has 1 heterocycles. The lowest BCUT2D eigenvalue weighted by atomic mass is 10.1. The minimum Gasteiger partial charge on any atom is -0.494 e. The molecule has 0 radical (unpaired) electrons. The summed E-state index contributed by atoms with van der Waals surface area (Å²) in [5, 5.41) is 14.5. The predicted octanol–water partition coefficient (Wildman–Crippen LogP) is 3.59. The summed E-state index contributed by atoms with van der Waals surface area (Å²) in [5.74, 6) is -0.893. The van der Waals surface area contributed by atoms with E-state index in [4.69, 9.17) is 9.47 Å². The summed E-state index contributed by atoms with van der Waals surface area (Å²) in [4.78, 5) is 37.4. The third-order valence-electron chi connectivity index (χ3n) is 4.54. The number of rotatable bonds is 9. The molecule has 0 unspecified atom stereocenters. The summed E-state index contributed by atoms with van der Waals surface area (Å²) in [7, 11) is 1.34. The van der Waals surface area contributed by atoms with Gasteiger partial charge in [-0.2, -0.15) is 0 Å². The largest absolute Gasteiger partial charge is 0.494 e. The molecule has 0 bridgehead atoms. The van der Waals surface area contributed by atoms with Crippen molar-refractivity contribution in [3.8, 4) is 5.75 Å². The van der Waals surface area contributed by atoms with Crippen molar-refractivity contribution in [2.75, 3.05) is 19.0 Å². The second kappa shape index (κ2) is 9.55. The minimum absolute atomic E-state index is 0.141. The first kappa shape index (κ1) is 20.8. The molecule has 0 atom stereocenters. The molecule has 0 aliphatic carbocycles. The monoisotopic (exact) mass is 411 g/mol. The molecule has 3 aromatic rings. The molecule has 9 nitrogen and oxygen atoms in total. The molecular formula is C21H21N3O6. The van der Waals surface area contributed by atoms with Gasteiger partial charge in [0, 0.05) is 29.6 Å². The Kier molecular flexibility index (Phi) is 6.63. The molecule has 9 heteroatoms. The van der Waals surface area contributed by atoms with Gasteiger partial charge in [0.05, 0.1) is 23.8 Å². The maximum absolute atomic E-state index is 12.0. The van der Waals surface area contributed by atoms with Crippen molar-refractivity contribution in [2.45, 2.75) is 19.3 Å². The number of aryl methyl sites for hydroxylation is 1. The maximum Gasteiger partial charge on any atom is 0.306 e. The molecule has 0 aliphatic rings. The van der Waals surface area contributed by atoms with E-state index in [-0.39, 0.29) is 23.5 Å². The zero-order valence-corrected chi connectivity index (χ0v) is 16.3. The van der Waals surface area contributed by atoms with Gasteiger partial charge in [-0.25, -0.2) is 0 Å². The topological polar surface area (TPSA) is 124 Å². The van der Waals surface area contributed by atoms with Crippen molar-refractivity contribution < 1.29 is 24.0 Å². The molecule has 1 amide bonds. The maximum atomic E-state index is 12.0. The fourth-order valence-electron chi connectivity index (χ4n) is 3.06. The summed E-state index contributed by atoms with van der Waals surface area (Å²) in [6, 6.07) is 11.7. The molecule has 2 N–H and O–H groups in total. The highest BCUT2D eigenvalue weighted by atomic mass is 16.6. The fraction of sp³-hybridized carbons (Fsp3) is 0.238.